The van der Waals surface area contributed by atoms with Crippen LogP contribution in [0, 0.1) is 0 Å². The Hall–Kier alpha value is -4.44. The number of amides is 2. The van der Waals surface area contributed by atoms with Crippen LogP contribution in [0.15, 0.2) is 48.5 Å². The summed E-state index contributed by atoms with van der Waals surface area (Å²) in [6.07, 6.45) is 0. The van der Waals surface area contributed by atoms with Gasteiger partial charge in [-0.3, -0.25) is 9.59 Å². The zero-order valence-electron chi connectivity index (χ0n) is 19.3. The number of H-pyrrole nitrogens is 1. The van der Waals surface area contributed by atoms with Gasteiger partial charge in [-0.15, -0.1) is 0 Å². The van der Waals surface area contributed by atoms with E-state index in [0.717, 1.165) is 10.8 Å². The second kappa shape index (κ2) is 10.2. The molecule has 35 heavy (non-hydrogen) atoms. The third-order valence-electron chi connectivity index (χ3n) is 5.39. The number of benzene rings is 2. The lowest BCUT2D eigenvalue weighted by Crippen LogP contribution is -2.34. The summed E-state index contributed by atoms with van der Waals surface area (Å²) >= 11 is 0. The molecule has 4 aromatic rings. The van der Waals surface area contributed by atoms with Gasteiger partial charge in [0.25, 0.3) is 0 Å². The molecule has 0 spiro atoms. The van der Waals surface area contributed by atoms with Gasteiger partial charge in [0.1, 0.15) is 0 Å². The Morgan fingerprint density at radius 2 is 1.89 bits per heavy atom. The van der Waals surface area contributed by atoms with Crippen molar-refractivity contribution in [2.24, 2.45) is 0 Å². The number of fused-ring (bicyclic) bond motifs is 2. The van der Waals surface area contributed by atoms with Crippen LogP contribution >= 0.6 is 0 Å². The first-order valence-corrected chi connectivity index (χ1v) is 10.9. The van der Waals surface area contributed by atoms with E-state index >= 15 is 0 Å². The number of aromatic nitrogens is 2. The molecule has 5 N–H and O–H groups in total. The van der Waals surface area contributed by atoms with E-state index in [4.69, 9.17) is 4.74 Å². The van der Waals surface area contributed by atoms with Crippen LogP contribution in [-0.4, -0.2) is 59.6 Å². The number of anilines is 1. The van der Waals surface area contributed by atoms with Crippen molar-refractivity contribution in [2.45, 2.75) is 6.92 Å². The molecule has 0 fully saturated rings. The summed E-state index contributed by atoms with van der Waals surface area (Å²) in [7, 11) is 1.31. The van der Waals surface area contributed by atoms with Crippen molar-refractivity contribution in [3.05, 3.63) is 54.1 Å². The second-order valence-electron chi connectivity index (χ2n) is 7.91. The van der Waals surface area contributed by atoms with Crippen molar-refractivity contribution >= 4 is 45.3 Å². The second-order valence-corrected chi connectivity index (χ2v) is 7.91. The number of carbonyl (C=O) groups excluding carboxylic acids is 3. The Bertz CT molecular complexity index is 1430. The average Bonchev–Trinajstić information content (AvgIpc) is 3.17. The largest absolute Gasteiger partial charge is 0.494 e. The summed E-state index contributed by atoms with van der Waals surface area (Å²) < 4.78 is 4.75. The minimum absolute atomic E-state index is 0.0521. The quantitative estimate of drug-likeness (QED) is 0.194. The summed E-state index contributed by atoms with van der Waals surface area (Å²) in [5.74, 6) is -0.831. The van der Waals surface area contributed by atoms with Gasteiger partial charge in [0.2, 0.25) is 11.8 Å². The summed E-state index contributed by atoms with van der Waals surface area (Å²) in [6.45, 7) is 2.50. The number of hydrogen-bond acceptors (Lipinski definition) is 7. The number of rotatable bonds is 8. The van der Waals surface area contributed by atoms with Crippen molar-refractivity contribution in [1.82, 2.24) is 20.6 Å². The van der Waals surface area contributed by atoms with Crippen molar-refractivity contribution < 1.29 is 24.2 Å². The number of hydrogen-bond donors (Lipinski definition) is 5. The number of pyridine rings is 1. The van der Waals surface area contributed by atoms with Crippen LogP contribution < -0.4 is 16.0 Å². The van der Waals surface area contributed by atoms with E-state index < -0.39 is 5.97 Å². The van der Waals surface area contributed by atoms with Crippen LogP contribution in [0.1, 0.15) is 17.3 Å². The third-order valence-corrected chi connectivity index (χ3v) is 5.39. The molecule has 0 unspecified atom stereocenters. The average molecular weight is 476 g/mol. The zero-order valence-corrected chi connectivity index (χ0v) is 19.3. The van der Waals surface area contributed by atoms with Gasteiger partial charge < -0.3 is 30.8 Å². The Morgan fingerprint density at radius 1 is 1.06 bits per heavy atom. The van der Waals surface area contributed by atoms with Crippen LogP contribution in [0.4, 0.5) is 5.69 Å². The zero-order chi connectivity index (χ0) is 24.9. The highest BCUT2D eigenvalue weighted by Gasteiger charge is 2.17. The normalized spacial score (nSPS) is 10.9. The molecule has 0 radical (unpaired) electrons. The maximum absolute atomic E-state index is 12.2. The highest BCUT2D eigenvalue weighted by Crippen LogP contribution is 2.37. The topological polar surface area (TPSA) is 145 Å². The van der Waals surface area contributed by atoms with Crippen molar-refractivity contribution in [3.8, 4) is 17.1 Å². The molecule has 2 heterocycles. The summed E-state index contributed by atoms with van der Waals surface area (Å²) in [4.78, 5) is 42.4. The summed E-state index contributed by atoms with van der Waals surface area (Å²) in [5, 5.41) is 20.5. The van der Waals surface area contributed by atoms with Gasteiger partial charge in [-0.2, -0.15) is 0 Å². The molecule has 0 aliphatic rings. The number of aromatic hydroxyl groups is 1. The highest BCUT2D eigenvalue weighted by molar-refractivity contribution is 6.03. The van der Waals surface area contributed by atoms with Gasteiger partial charge in [-0.25, -0.2) is 9.78 Å². The maximum atomic E-state index is 12.2. The lowest BCUT2D eigenvalue weighted by Gasteiger charge is -2.09. The number of nitrogens with zero attached hydrogens (tertiary/aromatic N) is 1. The SMILES string of the molecule is COC(=O)c1ccc2c(-c3ccc4cc(NC(=O)CNCCNC(C)=O)ccc4n3)c(O)[nH]c2c1. The summed E-state index contributed by atoms with van der Waals surface area (Å²) in [6, 6.07) is 14.0. The number of methoxy groups -OCH3 is 1. The van der Waals surface area contributed by atoms with E-state index in [1.807, 2.05) is 12.1 Å². The number of carbonyl (C=O) groups is 3. The first-order chi connectivity index (χ1) is 16.9. The standard InChI is InChI=1S/C25H25N5O5/c1-14(31)27-10-9-26-13-22(32)28-17-5-8-19-15(11-17)4-7-20(29-19)23-18-6-3-16(25(34)35-2)12-21(18)30-24(23)33/h3-8,11-12,26,30,33H,9-10,13H2,1-2H3,(H,27,31)(H,28,32). The predicted molar refractivity (Wildman–Crippen MR) is 132 cm³/mol. The molecule has 0 bridgehead atoms. The third kappa shape index (κ3) is 5.39. The fourth-order valence-corrected chi connectivity index (χ4v) is 3.76. The predicted octanol–water partition coefficient (Wildman–Crippen LogP) is 2.54. The Kier molecular flexibility index (Phi) is 6.93. The molecule has 0 aliphatic heterocycles. The lowest BCUT2D eigenvalue weighted by atomic mass is 10.1. The number of aromatic amines is 1. The number of ether oxygens (including phenoxy) is 1. The van der Waals surface area contributed by atoms with E-state index in [2.05, 4.69) is 25.9 Å². The molecule has 4 rings (SSSR count). The molecule has 2 aromatic heterocycles. The fourth-order valence-electron chi connectivity index (χ4n) is 3.76. The Labute approximate surface area is 200 Å². The van der Waals surface area contributed by atoms with Crippen molar-refractivity contribution in [3.63, 3.8) is 0 Å². The van der Waals surface area contributed by atoms with Gasteiger partial charge >= 0.3 is 5.97 Å². The monoisotopic (exact) mass is 475 g/mol. The van der Waals surface area contributed by atoms with E-state index in [0.29, 0.717) is 46.6 Å². The van der Waals surface area contributed by atoms with Crippen LogP contribution in [0.25, 0.3) is 33.1 Å². The molecule has 10 nitrogen and oxygen atoms in total. The smallest absolute Gasteiger partial charge is 0.337 e. The first-order valence-electron chi connectivity index (χ1n) is 10.9. The lowest BCUT2D eigenvalue weighted by molar-refractivity contribution is -0.118. The Balaban J connectivity index is 1.50. The van der Waals surface area contributed by atoms with E-state index in [-0.39, 0.29) is 24.2 Å². The van der Waals surface area contributed by atoms with Gasteiger partial charge in [0, 0.05) is 42.0 Å². The molecule has 2 aromatic carbocycles. The molecule has 0 atom stereocenters. The molecule has 0 saturated carbocycles. The molecule has 0 saturated heterocycles. The van der Waals surface area contributed by atoms with Gasteiger partial charge in [0.05, 0.1) is 36.0 Å². The molecule has 0 aliphatic carbocycles. The Morgan fingerprint density at radius 3 is 2.66 bits per heavy atom. The number of esters is 1. The first kappa shape index (κ1) is 23.7. The van der Waals surface area contributed by atoms with Crippen LogP contribution in [0.5, 0.6) is 5.88 Å². The maximum Gasteiger partial charge on any atom is 0.337 e. The van der Waals surface area contributed by atoms with Crippen molar-refractivity contribution in [2.75, 3.05) is 32.1 Å². The molecule has 2 amide bonds. The van der Waals surface area contributed by atoms with E-state index in [1.165, 1.54) is 14.0 Å². The minimum atomic E-state index is -0.463. The summed E-state index contributed by atoms with van der Waals surface area (Å²) in [5.41, 5.74) is 3.37. The van der Waals surface area contributed by atoms with Gasteiger partial charge in [-0.05, 0) is 36.4 Å². The molecule has 180 valence electrons. The molecular formula is C25H25N5O5. The highest BCUT2D eigenvalue weighted by atomic mass is 16.5. The van der Waals surface area contributed by atoms with Gasteiger partial charge in [-0.1, -0.05) is 12.1 Å². The van der Waals surface area contributed by atoms with E-state index in [1.54, 1.807) is 36.4 Å². The van der Waals surface area contributed by atoms with Gasteiger partial charge in [0.15, 0.2) is 5.88 Å². The fraction of sp³-hybridized carbons (Fsp3) is 0.200. The van der Waals surface area contributed by atoms with Crippen LogP contribution in [-0.2, 0) is 14.3 Å². The van der Waals surface area contributed by atoms with E-state index in [9.17, 15) is 19.5 Å². The van der Waals surface area contributed by atoms with Crippen LogP contribution in [0.3, 0.4) is 0 Å². The van der Waals surface area contributed by atoms with Crippen LogP contribution in [0.2, 0.25) is 0 Å². The molecular weight excluding hydrogens is 450 g/mol. The number of nitrogens with one attached hydrogen (secondary N) is 4. The van der Waals surface area contributed by atoms with Crippen molar-refractivity contribution in [1.29, 1.82) is 0 Å². The minimum Gasteiger partial charge on any atom is -0.494 e. The molecule has 10 heteroatoms.